The number of nitrogens with zero attached hydrogens (tertiary/aromatic N) is 3. The van der Waals surface area contributed by atoms with Gasteiger partial charge in [-0.3, -0.25) is 0 Å². The lowest BCUT2D eigenvalue weighted by atomic mass is 10.0. The molecule has 0 aliphatic rings. The molecule has 0 aliphatic heterocycles. The summed E-state index contributed by atoms with van der Waals surface area (Å²) in [5, 5.41) is 4.60. The highest BCUT2D eigenvalue weighted by atomic mass is 35.5. The second-order valence-electron chi connectivity index (χ2n) is 11.0. The van der Waals surface area contributed by atoms with E-state index in [2.05, 4.69) is 30.3 Å². The summed E-state index contributed by atoms with van der Waals surface area (Å²) in [4.78, 5) is 14.8. The molecule has 5 nitrogen and oxygen atoms in total. The van der Waals surface area contributed by atoms with Crippen molar-refractivity contribution in [1.29, 1.82) is 0 Å². The van der Waals surface area contributed by atoms with Crippen LogP contribution in [0.1, 0.15) is 0 Å². The first-order valence-electron chi connectivity index (χ1n) is 14.6. The Kier molecular flexibility index (Phi) is 5.80. The van der Waals surface area contributed by atoms with Gasteiger partial charge in [0.1, 0.15) is 22.3 Å². The average molecular weight is 600 g/mol. The molecular weight excluding hydrogens is 578 g/mol. The third-order valence-corrected chi connectivity index (χ3v) is 8.42. The average Bonchev–Trinajstić information content (AvgIpc) is 3.63. The molecule has 6 aromatic carbocycles. The normalized spacial score (nSPS) is 11.7. The predicted octanol–water partition coefficient (Wildman–Crippen LogP) is 11.0. The lowest BCUT2D eigenvalue weighted by molar-refractivity contribution is 0.664. The molecule has 0 unspecified atom stereocenters. The SMILES string of the molecule is Clc1ccc2c(c1)oc1cc3c(cc12)oc1cc(-c2nc(-c4ccccc4)nc(-c4cccc(-c5ccccc5)c4)n2)ccc13. The standard InChI is InChI=1S/C39H22ClN3O2/c40-28-15-17-30-32-22-35-31(21-36(32)45-34(30)20-28)29-16-14-27(19-33(29)44-35)39-42-37(24-10-5-2-6-11-24)41-38(43-39)26-13-7-12-25(18-26)23-8-3-1-4-9-23/h1-22H. The van der Waals surface area contributed by atoms with Gasteiger partial charge in [0.2, 0.25) is 0 Å². The van der Waals surface area contributed by atoms with Crippen LogP contribution >= 0.6 is 11.6 Å². The van der Waals surface area contributed by atoms with E-state index in [0.29, 0.717) is 22.5 Å². The van der Waals surface area contributed by atoms with Crippen molar-refractivity contribution >= 4 is 55.5 Å². The third-order valence-electron chi connectivity index (χ3n) is 8.18. The Morgan fingerprint density at radius 1 is 0.356 bits per heavy atom. The number of hydrogen-bond acceptors (Lipinski definition) is 5. The Morgan fingerprint density at radius 2 is 0.844 bits per heavy atom. The number of aromatic nitrogens is 3. The van der Waals surface area contributed by atoms with E-state index in [1.165, 1.54) is 0 Å². The highest BCUT2D eigenvalue weighted by molar-refractivity contribution is 6.31. The van der Waals surface area contributed by atoms with E-state index in [9.17, 15) is 0 Å². The lowest BCUT2D eigenvalue weighted by Gasteiger charge is -2.09. The second kappa shape index (κ2) is 10.2. The van der Waals surface area contributed by atoms with Crippen molar-refractivity contribution in [3.63, 3.8) is 0 Å². The van der Waals surface area contributed by atoms with Gasteiger partial charge in [-0.05, 0) is 53.6 Å². The van der Waals surface area contributed by atoms with Crippen molar-refractivity contribution in [2.45, 2.75) is 0 Å². The van der Waals surface area contributed by atoms with Crippen LogP contribution in [-0.4, -0.2) is 15.0 Å². The van der Waals surface area contributed by atoms with Crippen LogP contribution < -0.4 is 0 Å². The molecular formula is C39H22ClN3O2. The molecule has 3 aromatic heterocycles. The molecule has 9 rings (SSSR count). The van der Waals surface area contributed by atoms with Gasteiger partial charge < -0.3 is 8.83 Å². The van der Waals surface area contributed by atoms with Gasteiger partial charge in [0.25, 0.3) is 0 Å². The van der Waals surface area contributed by atoms with Gasteiger partial charge in [-0.15, -0.1) is 0 Å². The van der Waals surface area contributed by atoms with E-state index in [4.69, 9.17) is 35.4 Å². The molecule has 0 saturated carbocycles. The quantitative estimate of drug-likeness (QED) is 0.201. The zero-order valence-electron chi connectivity index (χ0n) is 23.7. The van der Waals surface area contributed by atoms with Crippen LogP contribution in [0.3, 0.4) is 0 Å². The minimum Gasteiger partial charge on any atom is -0.456 e. The van der Waals surface area contributed by atoms with Gasteiger partial charge in [-0.1, -0.05) is 96.5 Å². The fourth-order valence-electron chi connectivity index (χ4n) is 5.98. The molecule has 212 valence electrons. The van der Waals surface area contributed by atoms with Crippen molar-refractivity contribution in [1.82, 2.24) is 15.0 Å². The van der Waals surface area contributed by atoms with Gasteiger partial charge in [0, 0.05) is 49.3 Å². The van der Waals surface area contributed by atoms with E-state index in [1.807, 2.05) is 103 Å². The summed E-state index contributed by atoms with van der Waals surface area (Å²) in [6.45, 7) is 0. The molecule has 0 radical (unpaired) electrons. The Hall–Kier alpha value is -5.78. The highest BCUT2D eigenvalue weighted by Crippen LogP contribution is 2.38. The first-order chi connectivity index (χ1) is 22.2. The maximum absolute atomic E-state index is 6.42. The molecule has 0 spiro atoms. The number of furan rings is 2. The van der Waals surface area contributed by atoms with Crippen molar-refractivity contribution in [3.05, 3.63) is 138 Å². The summed E-state index contributed by atoms with van der Waals surface area (Å²) in [6, 6.07) is 44.5. The van der Waals surface area contributed by atoms with E-state index in [-0.39, 0.29) is 0 Å². The maximum Gasteiger partial charge on any atom is 0.164 e. The summed E-state index contributed by atoms with van der Waals surface area (Å²) < 4.78 is 12.6. The number of halogens is 1. The summed E-state index contributed by atoms with van der Waals surface area (Å²) in [5.41, 5.74) is 7.98. The molecule has 0 bridgehead atoms. The van der Waals surface area contributed by atoms with Crippen LogP contribution in [0.2, 0.25) is 5.02 Å². The zero-order valence-corrected chi connectivity index (χ0v) is 24.5. The lowest BCUT2D eigenvalue weighted by Crippen LogP contribution is -2.00. The second-order valence-corrected chi connectivity index (χ2v) is 11.5. The molecule has 6 heteroatoms. The van der Waals surface area contributed by atoms with E-state index < -0.39 is 0 Å². The fourth-order valence-corrected chi connectivity index (χ4v) is 6.14. The first kappa shape index (κ1) is 25.7. The molecule has 0 amide bonds. The van der Waals surface area contributed by atoms with Gasteiger partial charge in [0.15, 0.2) is 17.5 Å². The topological polar surface area (TPSA) is 65.0 Å². The molecule has 45 heavy (non-hydrogen) atoms. The minimum absolute atomic E-state index is 0.572. The van der Waals surface area contributed by atoms with E-state index >= 15 is 0 Å². The minimum atomic E-state index is 0.572. The van der Waals surface area contributed by atoms with Gasteiger partial charge in [-0.2, -0.15) is 0 Å². The van der Waals surface area contributed by atoms with Crippen LogP contribution in [-0.2, 0) is 0 Å². The Balaban J connectivity index is 1.19. The molecule has 0 fully saturated rings. The molecule has 0 aliphatic carbocycles. The molecule has 0 atom stereocenters. The summed E-state index contributed by atoms with van der Waals surface area (Å²) >= 11 is 6.20. The highest BCUT2D eigenvalue weighted by Gasteiger charge is 2.17. The van der Waals surface area contributed by atoms with Crippen molar-refractivity contribution in [2.24, 2.45) is 0 Å². The molecule has 9 aromatic rings. The van der Waals surface area contributed by atoms with Gasteiger partial charge >= 0.3 is 0 Å². The largest absolute Gasteiger partial charge is 0.456 e. The van der Waals surface area contributed by atoms with E-state index in [1.54, 1.807) is 0 Å². The molecule has 0 saturated heterocycles. The molecule has 0 N–H and O–H groups in total. The zero-order chi connectivity index (χ0) is 29.9. The third kappa shape index (κ3) is 4.44. The van der Waals surface area contributed by atoms with Gasteiger partial charge in [0.05, 0.1) is 0 Å². The van der Waals surface area contributed by atoms with Crippen LogP contribution in [0, 0.1) is 0 Å². The van der Waals surface area contributed by atoms with Crippen molar-refractivity contribution in [3.8, 4) is 45.3 Å². The Labute approximate surface area is 262 Å². The monoisotopic (exact) mass is 599 g/mol. The Bertz CT molecular complexity index is 2550. The molecule has 3 heterocycles. The summed E-state index contributed by atoms with van der Waals surface area (Å²) in [5.74, 6) is 1.79. The number of benzene rings is 6. The predicted molar refractivity (Wildman–Crippen MR) is 181 cm³/mol. The summed E-state index contributed by atoms with van der Waals surface area (Å²) in [6.07, 6.45) is 0. The fraction of sp³-hybridized carbons (Fsp3) is 0. The number of hydrogen-bond donors (Lipinski definition) is 0. The van der Waals surface area contributed by atoms with Crippen LogP contribution in [0.4, 0.5) is 0 Å². The Morgan fingerprint density at radius 3 is 1.51 bits per heavy atom. The van der Waals surface area contributed by atoms with E-state index in [0.717, 1.165) is 71.7 Å². The maximum atomic E-state index is 6.42. The first-order valence-corrected chi connectivity index (χ1v) is 15.0. The summed E-state index contributed by atoms with van der Waals surface area (Å²) in [7, 11) is 0. The van der Waals surface area contributed by atoms with Crippen LogP contribution in [0.5, 0.6) is 0 Å². The van der Waals surface area contributed by atoms with Crippen molar-refractivity contribution in [2.75, 3.05) is 0 Å². The van der Waals surface area contributed by atoms with Crippen molar-refractivity contribution < 1.29 is 8.83 Å². The number of rotatable bonds is 4. The number of fused-ring (bicyclic) bond motifs is 6. The van der Waals surface area contributed by atoms with Gasteiger partial charge in [-0.25, -0.2) is 15.0 Å². The van der Waals surface area contributed by atoms with Crippen LogP contribution in [0.25, 0.3) is 89.2 Å². The smallest absolute Gasteiger partial charge is 0.164 e. The van der Waals surface area contributed by atoms with Crippen LogP contribution in [0.15, 0.2) is 142 Å².